The van der Waals surface area contributed by atoms with E-state index < -0.39 is 10.0 Å². The maximum Gasteiger partial charge on any atom is 0.243 e. The van der Waals surface area contributed by atoms with Gasteiger partial charge in [-0.25, -0.2) is 8.42 Å². The molecule has 0 spiro atoms. The third-order valence-electron chi connectivity index (χ3n) is 5.15. The summed E-state index contributed by atoms with van der Waals surface area (Å²) in [6.07, 6.45) is 0.821. The summed E-state index contributed by atoms with van der Waals surface area (Å²) < 4.78 is 32.8. The number of benzene rings is 2. The van der Waals surface area contributed by atoms with Crippen molar-refractivity contribution >= 4 is 20.9 Å². The van der Waals surface area contributed by atoms with Crippen LogP contribution in [0.5, 0.6) is 5.75 Å². The first-order chi connectivity index (χ1) is 12.5. The molecule has 1 saturated heterocycles. The van der Waals surface area contributed by atoms with Crippen LogP contribution in [0.25, 0.3) is 10.9 Å². The number of hydrogen-bond donors (Lipinski definition) is 1. The number of nitrogens with zero attached hydrogens (tertiary/aromatic N) is 1. The lowest BCUT2D eigenvalue weighted by Crippen LogP contribution is -2.28. The Hall–Kier alpha value is -2.31. The van der Waals surface area contributed by atoms with Crippen molar-refractivity contribution in [1.29, 1.82) is 0 Å². The molecule has 0 aliphatic carbocycles. The summed E-state index contributed by atoms with van der Waals surface area (Å²) in [7, 11) is -1.91. The standard InChI is InChI=1S/C20H22N2O3S/c1-14-11-17(7-8-20(14)25-2)26(23,24)22-10-9-16(13-22)19-12-15-5-3-4-6-18(15)21-19/h3-8,11-12,16,21H,9-10,13H2,1-2H3. The van der Waals surface area contributed by atoms with Crippen LogP contribution in [0.15, 0.2) is 53.4 Å². The van der Waals surface area contributed by atoms with E-state index in [2.05, 4.69) is 17.1 Å². The van der Waals surface area contributed by atoms with Gasteiger partial charge in [0.1, 0.15) is 5.75 Å². The maximum atomic E-state index is 13.0. The minimum atomic E-state index is -3.49. The summed E-state index contributed by atoms with van der Waals surface area (Å²) >= 11 is 0. The van der Waals surface area contributed by atoms with E-state index in [4.69, 9.17) is 4.74 Å². The molecule has 1 unspecified atom stereocenters. The van der Waals surface area contributed by atoms with Gasteiger partial charge in [0.15, 0.2) is 0 Å². The van der Waals surface area contributed by atoms with E-state index in [0.717, 1.165) is 28.6 Å². The second-order valence-corrected chi connectivity index (χ2v) is 8.73. The van der Waals surface area contributed by atoms with Crippen molar-refractivity contribution in [2.75, 3.05) is 20.2 Å². The number of aryl methyl sites for hydroxylation is 1. The molecular formula is C20H22N2O3S. The van der Waals surface area contributed by atoms with Gasteiger partial charge in [-0.15, -0.1) is 0 Å². The Morgan fingerprint density at radius 3 is 2.69 bits per heavy atom. The van der Waals surface area contributed by atoms with Crippen molar-refractivity contribution in [3.63, 3.8) is 0 Å². The molecule has 4 rings (SSSR count). The van der Waals surface area contributed by atoms with Crippen LogP contribution in [0.2, 0.25) is 0 Å². The summed E-state index contributed by atoms with van der Waals surface area (Å²) in [5.41, 5.74) is 3.02. The van der Waals surface area contributed by atoms with E-state index >= 15 is 0 Å². The number of para-hydroxylation sites is 1. The Kier molecular flexibility index (Phi) is 4.25. The average Bonchev–Trinajstić information content (AvgIpc) is 3.28. The molecule has 1 aliphatic heterocycles. The quantitative estimate of drug-likeness (QED) is 0.762. The first-order valence-corrected chi connectivity index (χ1v) is 10.2. The van der Waals surface area contributed by atoms with Gasteiger partial charge in [0.05, 0.1) is 12.0 Å². The Balaban J connectivity index is 1.58. The lowest BCUT2D eigenvalue weighted by molar-refractivity contribution is 0.411. The minimum Gasteiger partial charge on any atom is -0.496 e. The topological polar surface area (TPSA) is 62.4 Å². The molecule has 0 amide bonds. The minimum absolute atomic E-state index is 0.191. The van der Waals surface area contributed by atoms with E-state index in [-0.39, 0.29) is 5.92 Å². The predicted molar refractivity (Wildman–Crippen MR) is 102 cm³/mol. The Bertz CT molecular complexity index is 1020. The molecule has 6 heteroatoms. The molecule has 3 aromatic rings. The van der Waals surface area contributed by atoms with Crippen LogP contribution in [0.4, 0.5) is 0 Å². The van der Waals surface area contributed by atoms with Crippen LogP contribution in [0, 0.1) is 6.92 Å². The van der Waals surface area contributed by atoms with Crippen LogP contribution in [-0.2, 0) is 10.0 Å². The molecule has 0 bridgehead atoms. The van der Waals surface area contributed by atoms with Gasteiger partial charge in [0.25, 0.3) is 0 Å². The molecule has 2 aromatic carbocycles. The van der Waals surface area contributed by atoms with E-state index in [1.807, 2.05) is 25.1 Å². The van der Waals surface area contributed by atoms with Crippen molar-refractivity contribution in [3.05, 3.63) is 59.8 Å². The molecule has 1 fully saturated rings. The van der Waals surface area contributed by atoms with Crippen molar-refractivity contribution < 1.29 is 13.2 Å². The fourth-order valence-electron chi connectivity index (χ4n) is 3.68. The first-order valence-electron chi connectivity index (χ1n) is 8.71. The van der Waals surface area contributed by atoms with Gasteiger partial charge in [-0.1, -0.05) is 18.2 Å². The fraction of sp³-hybridized carbons (Fsp3) is 0.300. The highest BCUT2D eigenvalue weighted by molar-refractivity contribution is 7.89. The van der Waals surface area contributed by atoms with E-state index in [0.29, 0.717) is 23.7 Å². The molecule has 1 aromatic heterocycles. The van der Waals surface area contributed by atoms with Gasteiger partial charge in [0, 0.05) is 30.2 Å². The molecule has 0 radical (unpaired) electrons. The molecular weight excluding hydrogens is 348 g/mol. The molecule has 5 nitrogen and oxygen atoms in total. The summed E-state index contributed by atoms with van der Waals surface area (Å²) in [4.78, 5) is 3.76. The number of methoxy groups -OCH3 is 1. The van der Waals surface area contributed by atoms with Crippen molar-refractivity contribution in [2.24, 2.45) is 0 Å². The first kappa shape index (κ1) is 17.1. The highest BCUT2D eigenvalue weighted by Gasteiger charge is 2.34. The lowest BCUT2D eigenvalue weighted by Gasteiger charge is -2.17. The molecule has 136 valence electrons. The number of nitrogens with one attached hydrogen (secondary N) is 1. The fourth-order valence-corrected chi connectivity index (χ4v) is 5.26. The normalized spacial score (nSPS) is 18.5. The zero-order valence-electron chi connectivity index (χ0n) is 14.9. The monoisotopic (exact) mass is 370 g/mol. The number of fused-ring (bicyclic) bond motifs is 1. The van der Waals surface area contributed by atoms with E-state index in [9.17, 15) is 8.42 Å². The van der Waals surface area contributed by atoms with Crippen LogP contribution in [0.1, 0.15) is 23.6 Å². The van der Waals surface area contributed by atoms with Gasteiger partial charge in [0.2, 0.25) is 10.0 Å². The third kappa shape index (κ3) is 2.89. The third-order valence-corrected chi connectivity index (χ3v) is 7.01. The van der Waals surface area contributed by atoms with Crippen LogP contribution in [0.3, 0.4) is 0 Å². The predicted octanol–water partition coefficient (Wildman–Crippen LogP) is 3.66. The molecule has 1 aliphatic rings. The van der Waals surface area contributed by atoms with E-state index in [1.54, 1.807) is 29.6 Å². The number of sulfonamides is 1. The molecule has 1 atom stereocenters. The Morgan fingerprint density at radius 2 is 1.96 bits per heavy atom. The van der Waals surface area contributed by atoms with Gasteiger partial charge in [-0.2, -0.15) is 4.31 Å². The van der Waals surface area contributed by atoms with Gasteiger partial charge >= 0.3 is 0 Å². The van der Waals surface area contributed by atoms with Gasteiger partial charge < -0.3 is 9.72 Å². The molecule has 2 heterocycles. The molecule has 0 saturated carbocycles. The van der Waals surface area contributed by atoms with Crippen molar-refractivity contribution in [2.45, 2.75) is 24.2 Å². The number of rotatable bonds is 4. The van der Waals surface area contributed by atoms with Crippen LogP contribution in [-0.4, -0.2) is 37.9 Å². The lowest BCUT2D eigenvalue weighted by atomic mass is 10.1. The van der Waals surface area contributed by atoms with Gasteiger partial charge in [-0.05, 0) is 54.6 Å². The summed E-state index contributed by atoms with van der Waals surface area (Å²) in [6.45, 7) is 2.89. The highest BCUT2D eigenvalue weighted by atomic mass is 32.2. The van der Waals surface area contributed by atoms with Crippen molar-refractivity contribution in [1.82, 2.24) is 9.29 Å². The number of H-pyrrole nitrogens is 1. The second-order valence-electron chi connectivity index (χ2n) is 6.79. The smallest absolute Gasteiger partial charge is 0.243 e. The number of aromatic nitrogens is 1. The van der Waals surface area contributed by atoms with Crippen LogP contribution < -0.4 is 4.74 Å². The van der Waals surface area contributed by atoms with Gasteiger partial charge in [-0.3, -0.25) is 0 Å². The zero-order valence-corrected chi connectivity index (χ0v) is 15.7. The SMILES string of the molecule is COc1ccc(S(=O)(=O)N2CCC(c3cc4ccccc4[nH]3)C2)cc1C. The Labute approximate surface area is 153 Å². The number of ether oxygens (including phenoxy) is 1. The number of aromatic amines is 1. The van der Waals surface area contributed by atoms with E-state index in [1.165, 1.54) is 0 Å². The van der Waals surface area contributed by atoms with Crippen LogP contribution >= 0.6 is 0 Å². The maximum absolute atomic E-state index is 13.0. The molecule has 26 heavy (non-hydrogen) atoms. The summed E-state index contributed by atoms with van der Waals surface area (Å²) in [6, 6.07) is 15.3. The highest BCUT2D eigenvalue weighted by Crippen LogP contribution is 2.33. The second kappa shape index (κ2) is 6.45. The average molecular weight is 370 g/mol. The van der Waals surface area contributed by atoms with Crippen molar-refractivity contribution in [3.8, 4) is 5.75 Å². The largest absolute Gasteiger partial charge is 0.496 e. The summed E-state index contributed by atoms with van der Waals surface area (Å²) in [5.74, 6) is 0.887. The summed E-state index contributed by atoms with van der Waals surface area (Å²) in [5, 5.41) is 1.16. The Morgan fingerprint density at radius 1 is 1.15 bits per heavy atom. The zero-order chi connectivity index (χ0) is 18.3. The molecule has 1 N–H and O–H groups in total. The number of hydrogen-bond acceptors (Lipinski definition) is 3.